The first-order chi connectivity index (χ1) is 14.1. The lowest BCUT2D eigenvalue weighted by atomic mass is 10.0. The van der Waals surface area contributed by atoms with Crippen molar-refractivity contribution in [3.05, 3.63) is 65.0 Å². The maximum Gasteiger partial charge on any atom is 0.407 e. The van der Waals surface area contributed by atoms with Gasteiger partial charge in [-0.2, -0.15) is 0 Å². The molecule has 0 fully saturated rings. The van der Waals surface area contributed by atoms with Crippen molar-refractivity contribution in [1.29, 1.82) is 0 Å². The van der Waals surface area contributed by atoms with Crippen molar-refractivity contribution in [3.63, 3.8) is 0 Å². The largest absolute Gasteiger partial charge is 0.493 e. The topological polar surface area (TPSA) is 76.7 Å². The first kappa shape index (κ1) is 23.2. The zero-order valence-electron chi connectivity index (χ0n) is 18.0. The van der Waals surface area contributed by atoms with Gasteiger partial charge >= 0.3 is 6.09 Å². The van der Waals surface area contributed by atoms with Crippen LogP contribution in [0.1, 0.15) is 62.1 Å². The molecule has 162 valence electrons. The predicted molar refractivity (Wildman–Crippen MR) is 113 cm³/mol. The molecule has 30 heavy (non-hydrogen) atoms. The number of alkyl carbamates (subject to hydrolysis) is 1. The summed E-state index contributed by atoms with van der Waals surface area (Å²) in [7, 11) is 0. The Labute approximate surface area is 176 Å². The molecule has 0 aliphatic rings. The highest BCUT2D eigenvalue weighted by atomic mass is 19.1. The molecule has 0 aliphatic heterocycles. The molecule has 0 aromatic heterocycles. The molecular weight excluding hydrogens is 387 g/mol. The molecule has 0 radical (unpaired) electrons. The fourth-order valence-corrected chi connectivity index (χ4v) is 2.94. The fraction of sp³-hybridized carbons (Fsp3) is 0.391. The number of carbonyl (C=O) groups excluding carboxylic acids is 2. The number of rotatable bonds is 7. The molecule has 6 nitrogen and oxygen atoms in total. The van der Waals surface area contributed by atoms with E-state index in [2.05, 4.69) is 10.6 Å². The van der Waals surface area contributed by atoms with Gasteiger partial charge in [0.05, 0.1) is 18.2 Å². The van der Waals surface area contributed by atoms with Gasteiger partial charge in [0.1, 0.15) is 17.2 Å². The summed E-state index contributed by atoms with van der Waals surface area (Å²) in [6.07, 6.45) is -0.571. The van der Waals surface area contributed by atoms with E-state index in [9.17, 15) is 14.0 Å². The Morgan fingerprint density at radius 3 is 2.47 bits per heavy atom. The molecule has 0 aliphatic carbocycles. The van der Waals surface area contributed by atoms with Crippen LogP contribution in [0.2, 0.25) is 0 Å². The van der Waals surface area contributed by atoms with Crippen molar-refractivity contribution in [2.45, 2.75) is 52.8 Å². The van der Waals surface area contributed by atoms with Crippen LogP contribution in [0.5, 0.6) is 5.75 Å². The van der Waals surface area contributed by atoms with E-state index in [0.29, 0.717) is 23.5 Å². The van der Waals surface area contributed by atoms with Crippen molar-refractivity contribution >= 4 is 12.0 Å². The summed E-state index contributed by atoms with van der Waals surface area (Å²) < 4.78 is 25.1. The summed E-state index contributed by atoms with van der Waals surface area (Å²) in [5.74, 6) is -0.436. The Bertz CT molecular complexity index is 893. The lowest BCUT2D eigenvalue weighted by molar-refractivity contribution is 0.0522. The molecule has 1 unspecified atom stereocenters. The quantitative estimate of drug-likeness (QED) is 0.684. The summed E-state index contributed by atoms with van der Waals surface area (Å²) in [6, 6.07) is 10.8. The molecule has 7 heteroatoms. The van der Waals surface area contributed by atoms with Gasteiger partial charge in [-0.15, -0.1) is 0 Å². The summed E-state index contributed by atoms with van der Waals surface area (Å²) in [5.41, 5.74) is 0.674. The molecule has 0 bridgehead atoms. The van der Waals surface area contributed by atoms with Crippen LogP contribution in [-0.4, -0.2) is 24.2 Å². The van der Waals surface area contributed by atoms with E-state index >= 15 is 0 Å². The highest BCUT2D eigenvalue weighted by molar-refractivity contribution is 5.96. The highest BCUT2D eigenvalue weighted by Gasteiger charge is 2.21. The van der Waals surface area contributed by atoms with Crippen LogP contribution < -0.4 is 15.4 Å². The highest BCUT2D eigenvalue weighted by Crippen LogP contribution is 2.28. The maximum atomic E-state index is 14.4. The normalized spacial score (nSPS) is 12.1. The zero-order valence-corrected chi connectivity index (χ0v) is 18.0. The molecule has 0 heterocycles. The van der Waals surface area contributed by atoms with Crippen LogP contribution in [0, 0.1) is 5.82 Å². The van der Waals surface area contributed by atoms with Gasteiger partial charge in [-0.05, 0) is 58.4 Å². The van der Waals surface area contributed by atoms with E-state index in [1.54, 1.807) is 64.1 Å². The third-order valence-electron chi connectivity index (χ3n) is 4.18. The number of amides is 2. The minimum absolute atomic E-state index is 0.122. The molecule has 0 spiro atoms. The predicted octanol–water partition coefficient (Wildman–Crippen LogP) is 4.74. The second kappa shape index (κ2) is 10.1. The molecule has 1 atom stereocenters. The zero-order chi connectivity index (χ0) is 22.3. The Morgan fingerprint density at radius 2 is 1.80 bits per heavy atom. The maximum absolute atomic E-state index is 14.4. The first-order valence-corrected chi connectivity index (χ1v) is 9.89. The van der Waals surface area contributed by atoms with Gasteiger partial charge in [-0.3, -0.25) is 4.79 Å². The minimum atomic E-state index is -0.618. The van der Waals surface area contributed by atoms with Gasteiger partial charge in [-0.25, -0.2) is 9.18 Å². The number of halogens is 1. The third-order valence-corrected chi connectivity index (χ3v) is 4.18. The fourth-order valence-electron chi connectivity index (χ4n) is 2.94. The van der Waals surface area contributed by atoms with Crippen LogP contribution in [-0.2, 0) is 11.3 Å². The Morgan fingerprint density at radius 1 is 1.10 bits per heavy atom. The van der Waals surface area contributed by atoms with E-state index in [1.165, 1.54) is 6.07 Å². The summed E-state index contributed by atoms with van der Waals surface area (Å²) in [4.78, 5) is 24.8. The van der Waals surface area contributed by atoms with E-state index in [1.807, 2.05) is 6.92 Å². The second-order valence-corrected chi connectivity index (χ2v) is 7.79. The monoisotopic (exact) mass is 416 g/mol. The molecule has 0 saturated heterocycles. The van der Waals surface area contributed by atoms with Crippen LogP contribution >= 0.6 is 0 Å². The smallest absolute Gasteiger partial charge is 0.407 e. The lowest BCUT2D eigenvalue weighted by Crippen LogP contribution is -2.33. The van der Waals surface area contributed by atoms with Crippen molar-refractivity contribution in [1.82, 2.24) is 10.6 Å². The third kappa shape index (κ3) is 6.47. The lowest BCUT2D eigenvalue weighted by Gasteiger charge is -2.21. The van der Waals surface area contributed by atoms with Crippen LogP contribution in [0.4, 0.5) is 9.18 Å². The van der Waals surface area contributed by atoms with Crippen molar-refractivity contribution in [2.24, 2.45) is 0 Å². The summed E-state index contributed by atoms with van der Waals surface area (Å²) in [5, 5.41) is 5.47. The molecule has 2 aromatic carbocycles. The van der Waals surface area contributed by atoms with Gasteiger partial charge in [0, 0.05) is 12.1 Å². The average molecular weight is 416 g/mol. The minimum Gasteiger partial charge on any atom is -0.493 e. The van der Waals surface area contributed by atoms with E-state index in [4.69, 9.17) is 9.47 Å². The van der Waals surface area contributed by atoms with Gasteiger partial charge in [0.15, 0.2) is 0 Å². The first-order valence-electron chi connectivity index (χ1n) is 9.89. The van der Waals surface area contributed by atoms with Crippen molar-refractivity contribution in [2.75, 3.05) is 6.61 Å². The van der Waals surface area contributed by atoms with E-state index in [0.717, 1.165) is 0 Å². The number of nitrogens with one attached hydrogen (secondary N) is 2. The molecule has 2 N–H and O–H groups in total. The van der Waals surface area contributed by atoms with Crippen molar-refractivity contribution in [3.8, 4) is 5.75 Å². The molecular formula is C23H29FN2O4. The Kier molecular flexibility index (Phi) is 7.80. The average Bonchev–Trinajstić information content (AvgIpc) is 2.65. The van der Waals surface area contributed by atoms with Gasteiger partial charge in [-0.1, -0.05) is 24.3 Å². The molecule has 2 amide bonds. The van der Waals surface area contributed by atoms with Crippen LogP contribution in [0.25, 0.3) is 0 Å². The van der Waals surface area contributed by atoms with Gasteiger partial charge in [0.2, 0.25) is 0 Å². The van der Waals surface area contributed by atoms with Gasteiger partial charge < -0.3 is 20.1 Å². The number of ether oxygens (including phenoxy) is 2. The number of hydrogen-bond acceptors (Lipinski definition) is 4. The Balaban J connectivity index is 2.14. The summed E-state index contributed by atoms with van der Waals surface area (Å²) >= 11 is 0. The van der Waals surface area contributed by atoms with Crippen LogP contribution in [0.3, 0.4) is 0 Å². The molecule has 2 rings (SSSR count). The van der Waals surface area contributed by atoms with Crippen molar-refractivity contribution < 1.29 is 23.5 Å². The molecule has 0 saturated carbocycles. The number of benzene rings is 2. The SMILES string of the molecule is CCOc1cccc(F)c1C(C)NC(=O)c1ccccc1CNC(=O)OC(C)(C)C. The molecule has 2 aromatic rings. The van der Waals surface area contributed by atoms with E-state index < -0.39 is 23.6 Å². The number of hydrogen-bond donors (Lipinski definition) is 2. The van der Waals surface area contributed by atoms with Gasteiger partial charge in [0.25, 0.3) is 5.91 Å². The standard InChI is InChI=1S/C23H29FN2O4/c1-6-29-19-13-9-12-18(24)20(19)15(2)26-21(27)17-11-8-7-10-16(17)14-25-22(28)30-23(3,4)5/h7-13,15H,6,14H2,1-5H3,(H,25,28)(H,26,27). The van der Waals surface area contributed by atoms with Crippen LogP contribution in [0.15, 0.2) is 42.5 Å². The Hall–Kier alpha value is -3.09. The van der Waals surface area contributed by atoms with E-state index in [-0.39, 0.29) is 18.0 Å². The summed E-state index contributed by atoms with van der Waals surface area (Å²) in [6.45, 7) is 9.33. The number of carbonyl (C=O) groups is 2. The second-order valence-electron chi connectivity index (χ2n) is 7.79.